The standard InChI is InChI=1S/C21H22FN5O3S/c1-16-3-7-18(8-4-16)27-15-20(23-24-27)21(28)25-11-2-12-26(14-13-25)31(29,30)19-9-5-17(22)6-10-19/h3-10,15H,2,11-14H2,1H3. The molecule has 0 N–H and O–H groups in total. The van der Waals surface area contributed by atoms with E-state index in [1.54, 1.807) is 11.1 Å². The van der Waals surface area contributed by atoms with E-state index in [9.17, 15) is 17.6 Å². The van der Waals surface area contributed by atoms with Crippen molar-refractivity contribution in [3.05, 3.63) is 71.8 Å². The van der Waals surface area contributed by atoms with Crippen LogP contribution in [0.25, 0.3) is 5.69 Å². The molecule has 0 saturated carbocycles. The maximum absolute atomic E-state index is 13.1. The van der Waals surface area contributed by atoms with Gasteiger partial charge in [0.1, 0.15) is 5.82 Å². The van der Waals surface area contributed by atoms with Gasteiger partial charge in [0, 0.05) is 26.2 Å². The van der Waals surface area contributed by atoms with E-state index in [1.165, 1.54) is 21.1 Å². The number of aryl methyl sites for hydroxylation is 1. The van der Waals surface area contributed by atoms with E-state index in [1.807, 2.05) is 31.2 Å². The van der Waals surface area contributed by atoms with Gasteiger partial charge in [-0.3, -0.25) is 4.79 Å². The molecule has 0 spiro atoms. The van der Waals surface area contributed by atoms with Gasteiger partial charge in [-0.25, -0.2) is 17.5 Å². The Hall–Kier alpha value is -3.11. The van der Waals surface area contributed by atoms with Crippen LogP contribution in [-0.2, 0) is 10.0 Å². The zero-order chi connectivity index (χ0) is 22.0. The first-order valence-corrected chi connectivity index (χ1v) is 11.3. The smallest absolute Gasteiger partial charge is 0.276 e. The van der Waals surface area contributed by atoms with Crippen LogP contribution in [0, 0.1) is 12.7 Å². The second-order valence-electron chi connectivity index (χ2n) is 7.39. The van der Waals surface area contributed by atoms with Crippen LogP contribution in [0.2, 0.25) is 0 Å². The van der Waals surface area contributed by atoms with Crippen molar-refractivity contribution >= 4 is 15.9 Å². The lowest BCUT2D eigenvalue weighted by atomic mass is 10.2. The maximum atomic E-state index is 13.1. The van der Waals surface area contributed by atoms with E-state index in [-0.39, 0.29) is 36.1 Å². The highest BCUT2D eigenvalue weighted by atomic mass is 32.2. The van der Waals surface area contributed by atoms with E-state index in [2.05, 4.69) is 10.3 Å². The molecule has 0 aliphatic carbocycles. The molecule has 1 aliphatic heterocycles. The van der Waals surface area contributed by atoms with Crippen molar-refractivity contribution in [2.24, 2.45) is 0 Å². The number of amides is 1. The van der Waals surface area contributed by atoms with Crippen molar-refractivity contribution in [2.45, 2.75) is 18.2 Å². The number of benzene rings is 2. The minimum Gasteiger partial charge on any atom is -0.336 e. The Balaban J connectivity index is 1.46. The molecule has 31 heavy (non-hydrogen) atoms. The van der Waals surface area contributed by atoms with Gasteiger partial charge in [-0.2, -0.15) is 4.31 Å². The van der Waals surface area contributed by atoms with Crippen molar-refractivity contribution in [2.75, 3.05) is 26.2 Å². The molecule has 1 fully saturated rings. The minimum atomic E-state index is -3.75. The highest BCUT2D eigenvalue weighted by Gasteiger charge is 2.29. The lowest BCUT2D eigenvalue weighted by Gasteiger charge is -2.21. The zero-order valence-electron chi connectivity index (χ0n) is 17.0. The molecular formula is C21H22FN5O3S. The van der Waals surface area contributed by atoms with Crippen LogP contribution in [0.5, 0.6) is 0 Å². The molecule has 1 aliphatic rings. The first-order valence-electron chi connectivity index (χ1n) is 9.89. The van der Waals surface area contributed by atoms with Gasteiger partial charge < -0.3 is 4.90 Å². The molecule has 0 radical (unpaired) electrons. The van der Waals surface area contributed by atoms with Crippen molar-refractivity contribution in [1.82, 2.24) is 24.2 Å². The van der Waals surface area contributed by atoms with E-state index < -0.39 is 15.8 Å². The summed E-state index contributed by atoms with van der Waals surface area (Å²) in [5.41, 5.74) is 2.12. The molecule has 1 aromatic heterocycles. The third-order valence-electron chi connectivity index (χ3n) is 5.20. The predicted molar refractivity (Wildman–Crippen MR) is 112 cm³/mol. The van der Waals surface area contributed by atoms with Crippen LogP contribution in [0.3, 0.4) is 0 Å². The molecule has 0 bridgehead atoms. The third-order valence-corrected chi connectivity index (χ3v) is 7.12. The van der Waals surface area contributed by atoms with Gasteiger partial charge in [0.15, 0.2) is 5.69 Å². The van der Waals surface area contributed by atoms with Crippen molar-refractivity contribution in [3.8, 4) is 5.69 Å². The van der Waals surface area contributed by atoms with E-state index >= 15 is 0 Å². The van der Waals surface area contributed by atoms with Crippen LogP contribution >= 0.6 is 0 Å². The SMILES string of the molecule is Cc1ccc(-n2cc(C(=O)N3CCCN(S(=O)(=O)c4ccc(F)cc4)CC3)nn2)cc1. The van der Waals surface area contributed by atoms with Gasteiger partial charge in [0.25, 0.3) is 5.91 Å². The van der Waals surface area contributed by atoms with Crippen molar-refractivity contribution in [3.63, 3.8) is 0 Å². The summed E-state index contributed by atoms with van der Waals surface area (Å²) in [6, 6.07) is 12.4. The Morgan fingerprint density at radius 2 is 1.68 bits per heavy atom. The number of carbonyl (C=O) groups is 1. The van der Waals surface area contributed by atoms with E-state index in [4.69, 9.17) is 0 Å². The average Bonchev–Trinajstić information content (AvgIpc) is 3.11. The number of rotatable bonds is 4. The average molecular weight is 444 g/mol. The van der Waals surface area contributed by atoms with E-state index in [0.717, 1.165) is 23.4 Å². The summed E-state index contributed by atoms with van der Waals surface area (Å²) in [5, 5.41) is 8.04. The molecule has 2 heterocycles. The Bertz CT molecular complexity index is 1180. The van der Waals surface area contributed by atoms with Crippen LogP contribution in [0.1, 0.15) is 22.5 Å². The second-order valence-corrected chi connectivity index (χ2v) is 9.33. The highest BCUT2D eigenvalue weighted by molar-refractivity contribution is 7.89. The van der Waals surface area contributed by atoms with Gasteiger partial charge in [-0.15, -0.1) is 5.10 Å². The van der Waals surface area contributed by atoms with Gasteiger partial charge in [-0.05, 0) is 49.7 Å². The topological polar surface area (TPSA) is 88.4 Å². The molecule has 10 heteroatoms. The molecule has 162 valence electrons. The summed E-state index contributed by atoms with van der Waals surface area (Å²) in [5.74, 6) is -0.787. The summed E-state index contributed by atoms with van der Waals surface area (Å²) in [6.07, 6.45) is 2.06. The van der Waals surface area contributed by atoms with Gasteiger partial charge in [0.05, 0.1) is 16.8 Å². The predicted octanol–water partition coefficient (Wildman–Crippen LogP) is 2.25. The Morgan fingerprint density at radius 1 is 0.968 bits per heavy atom. The number of halogens is 1. The van der Waals surface area contributed by atoms with E-state index in [0.29, 0.717) is 13.0 Å². The van der Waals surface area contributed by atoms with Gasteiger partial charge in [-0.1, -0.05) is 22.9 Å². The molecule has 3 aromatic rings. The normalized spacial score (nSPS) is 15.6. The molecule has 2 aromatic carbocycles. The van der Waals surface area contributed by atoms with Crippen LogP contribution in [-0.4, -0.2) is 64.7 Å². The number of nitrogens with zero attached hydrogens (tertiary/aromatic N) is 5. The number of hydrogen-bond donors (Lipinski definition) is 0. The molecule has 1 saturated heterocycles. The summed E-state index contributed by atoms with van der Waals surface area (Å²) < 4.78 is 41.7. The monoisotopic (exact) mass is 443 g/mol. The largest absolute Gasteiger partial charge is 0.336 e. The molecule has 0 atom stereocenters. The fourth-order valence-electron chi connectivity index (χ4n) is 3.44. The van der Waals surface area contributed by atoms with Crippen molar-refractivity contribution < 1.29 is 17.6 Å². The highest BCUT2D eigenvalue weighted by Crippen LogP contribution is 2.19. The van der Waals surface area contributed by atoms with Gasteiger partial charge >= 0.3 is 0 Å². The third kappa shape index (κ3) is 4.49. The molecule has 8 nitrogen and oxygen atoms in total. The van der Waals surface area contributed by atoms with Crippen molar-refractivity contribution in [1.29, 1.82) is 0 Å². The molecule has 4 rings (SSSR count). The first-order chi connectivity index (χ1) is 14.8. The number of sulfonamides is 1. The van der Waals surface area contributed by atoms with Crippen LogP contribution in [0.15, 0.2) is 59.6 Å². The number of aromatic nitrogens is 3. The molecule has 0 unspecified atom stereocenters. The van der Waals surface area contributed by atoms with Gasteiger partial charge in [0.2, 0.25) is 10.0 Å². The summed E-state index contributed by atoms with van der Waals surface area (Å²) in [7, 11) is -3.75. The maximum Gasteiger partial charge on any atom is 0.276 e. The van der Waals surface area contributed by atoms with Crippen LogP contribution in [0.4, 0.5) is 4.39 Å². The summed E-state index contributed by atoms with van der Waals surface area (Å²) >= 11 is 0. The fourth-order valence-corrected chi connectivity index (χ4v) is 4.91. The number of carbonyl (C=O) groups excluding carboxylic acids is 1. The fraction of sp³-hybridized carbons (Fsp3) is 0.286. The quantitative estimate of drug-likeness (QED) is 0.617. The summed E-state index contributed by atoms with van der Waals surface area (Å²) in [6.45, 7) is 3.05. The Labute approximate surface area is 179 Å². The minimum absolute atomic E-state index is 0.0368. The molecular weight excluding hydrogens is 421 g/mol. The first kappa shape index (κ1) is 21.1. The lowest BCUT2D eigenvalue weighted by Crippen LogP contribution is -2.37. The molecule has 1 amide bonds. The van der Waals surface area contributed by atoms with Crippen LogP contribution < -0.4 is 0 Å². The number of hydrogen-bond acceptors (Lipinski definition) is 5. The summed E-state index contributed by atoms with van der Waals surface area (Å²) in [4.78, 5) is 14.5. The Kier molecular flexibility index (Phi) is 5.84. The second kappa shape index (κ2) is 8.56. The lowest BCUT2D eigenvalue weighted by molar-refractivity contribution is 0.0758. The Morgan fingerprint density at radius 3 is 2.39 bits per heavy atom. The zero-order valence-corrected chi connectivity index (χ0v) is 17.8.